The number of hydrogen-bond donors (Lipinski definition) is 1. The van der Waals surface area contributed by atoms with Crippen LogP contribution in [0.1, 0.15) is 35.2 Å². The lowest BCUT2D eigenvalue weighted by Crippen LogP contribution is -2.24. The molecule has 1 nitrogen and oxygen atoms in total. The molecule has 21 heavy (non-hydrogen) atoms. The van der Waals surface area contributed by atoms with Gasteiger partial charge in [-0.3, -0.25) is 0 Å². The maximum atomic E-state index is 13.5. The number of hydrogen-bond acceptors (Lipinski definition) is 1. The van der Waals surface area contributed by atoms with Crippen LogP contribution >= 0.6 is 23.2 Å². The van der Waals surface area contributed by atoms with Crippen LogP contribution in [-0.2, 0) is 0 Å². The van der Waals surface area contributed by atoms with E-state index >= 15 is 0 Å². The van der Waals surface area contributed by atoms with Gasteiger partial charge < -0.3 is 5.32 Å². The molecule has 0 aliphatic heterocycles. The van der Waals surface area contributed by atoms with Gasteiger partial charge in [0.2, 0.25) is 0 Å². The Morgan fingerprint density at radius 1 is 1.05 bits per heavy atom. The van der Waals surface area contributed by atoms with Crippen LogP contribution in [0.5, 0.6) is 0 Å². The first kappa shape index (κ1) is 16.3. The van der Waals surface area contributed by atoms with Crippen LogP contribution in [0.4, 0.5) is 4.39 Å². The van der Waals surface area contributed by atoms with Gasteiger partial charge >= 0.3 is 0 Å². The fourth-order valence-corrected chi connectivity index (χ4v) is 3.33. The second kappa shape index (κ2) is 6.78. The summed E-state index contributed by atoms with van der Waals surface area (Å²) in [5.41, 5.74) is 3.62. The molecule has 0 amide bonds. The standard InChI is InChI=1S/C17H18Cl2FN/c1-4-21-17(16-13(18)6-5-7-14(16)19)15-10(2)8-12(20)9-11(15)3/h5-9,17,21H,4H2,1-3H3. The Hall–Kier alpha value is -1.09. The van der Waals surface area contributed by atoms with E-state index in [0.29, 0.717) is 10.0 Å². The summed E-state index contributed by atoms with van der Waals surface area (Å²) in [7, 11) is 0. The lowest BCUT2D eigenvalue weighted by molar-refractivity contribution is 0.606. The summed E-state index contributed by atoms with van der Waals surface area (Å²) in [6.45, 7) is 6.58. The molecular formula is C17H18Cl2FN. The fourth-order valence-electron chi connectivity index (χ4n) is 2.72. The van der Waals surface area contributed by atoms with Gasteiger partial charge in [0.15, 0.2) is 0 Å². The molecule has 0 aliphatic carbocycles. The Morgan fingerprint density at radius 2 is 1.57 bits per heavy atom. The summed E-state index contributed by atoms with van der Waals surface area (Å²) in [4.78, 5) is 0. The molecule has 0 aromatic heterocycles. The van der Waals surface area contributed by atoms with Crippen LogP contribution in [-0.4, -0.2) is 6.54 Å². The Labute approximate surface area is 135 Å². The van der Waals surface area contributed by atoms with Crippen molar-refractivity contribution >= 4 is 23.2 Å². The molecule has 0 saturated heterocycles. The zero-order valence-corrected chi connectivity index (χ0v) is 13.8. The second-order valence-electron chi connectivity index (χ2n) is 5.08. The molecule has 0 spiro atoms. The minimum Gasteiger partial charge on any atom is -0.306 e. The highest BCUT2D eigenvalue weighted by Crippen LogP contribution is 2.36. The molecule has 0 aliphatic rings. The van der Waals surface area contributed by atoms with E-state index < -0.39 is 0 Å². The third-order valence-corrected chi connectivity index (χ3v) is 4.20. The van der Waals surface area contributed by atoms with Gasteiger partial charge in [0, 0.05) is 15.6 Å². The molecule has 0 heterocycles. The summed E-state index contributed by atoms with van der Waals surface area (Å²) >= 11 is 12.7. The van der Waals surface area contributed by atoms with Gasteiger partial charge in [0.25, 0.3) is 0 Å². The van der Waals surface area contributed by atoms with E-state index in [1.165, 1.54) is 12.1 Å². The van der Waals surface area contributed by atoms with Crippen molar-refractivity contribution in [3.63, 3.8) is 0 Å². The topological polar surface area (TPSA) is 12.0 Å². The molecule has 1 N–H and O–H groups in total. The summed E-state index contributed by atoms with van der Waals surface area (Å²) in [5, 5.41) is 4.62. The van der Waals surface area contributed by atoms with Crippen molar-refractivity contribution in [1.29, 1.82) is 0 Å². The predicted molar refractivity (Wildman–Crippen MR) is 87.9 cm³/mol. The molecule has 0 saturated carbocycles. The van der Waals surface area contributed by atoms with E-state index in [9.17, 15) is 4.39 Å². The number of aryl methyl sites for hydroxylation is 2. The van der Waals surface area contributed by atoms with Gasteiger partial charge in [-0.2, -0.15) is 0 Å². The monoisotopic (exact) mass is 325 g/mol. The Morgan fingerprint density at radius 3 is 2.05 bits per heavy atom. The van der Waals surface area contributed by atoms with E-state index in [1.54, 1.807) is 0 Å². The molecule has 2 aromatic carbocycles. The zero-order valence-electron chi connectivity index (χ0n) is 12.3. The smallest absolute Gasteiger partial charge is 0.123 e. The predicted octanol–water partition coefficient (Wildman–Crippen LogP) is 5.45. The van der Waals surface area contributed by atoms with Gasteiger partial charge in [-0.1, -0.05) is 36.2 Å². The van der Waals surface area contributed by atoms with Gasteiger partial charge in [0.1, 0.15) is 5.82 Å². The SMILES string of the molecule is CCNC(c1c(C)cc(F)cc1C)c1c(Cl)cccc1Cl. The van der Waals surface area contributed by atoms with Crippen LogP contribution in [0.3, 0.4) is 0 Å². The number of rotatable bonds is 4. The van der Waals surface area contributed by atoms with Crippen molar-refractivity contribution in [2.24, 2.45) is 0 Å². The average Bonchev–Trinajstić information content (AvgIpc) is 2.37. The molecule has 2 aromatic rings. The van der Waals surface area contributed by atoms with Crippen molar-refractivity contribution in [3.8, 4) is 0 Å². The maximum Gasteiger partial charge on any atom is 0.123 e. The van der Waals surface area contributed by atoms with Crippen molar-refractivity contribution in [1.82, 2.24) is 5.32 Å². The van der Waals surface area contributed by atoms with Gasteiger partial charge in [-0.25, -0.2) is 4.39 Å². The Kier molecular flexibility index (Phi) is 5.26. The van der Waals surface area contributed by atoms with Gasteiger partial charge in [-0.05, 0) is 61.3 Å². The van der Waals surface area contributed by atoms with E-state index in [2.05, 4.69) is 5.32 Å². The highest BCUT2D eigenvalue weighted by Gasteiger charge is 2.22. The van der Waals surface area contributed by atoms with Gasteiger partial charge in [-0.15, -0.1) is 0 Å². The molecule has 2 rings (SSSR count). The molecular weight excluding hydrogens is 308 g/mol. The lowest BCUT2D eigenvalue weighted by atomic mass is 9.91. The average molecular weight is 326 g/mol. The van der Waals surface area contributed by atoms with Crippen molar-refractivity contribution < 1.29 is 4.39 Å². The van der Waals surface area contributed by atoms with Crippen LogP contribution in [0, 0.1) is 19.7 Å². The molecule has 1 atom stereocenters. The quantitative estimate of drug-likeness (QED) is 0.788. The molecule has 4 heteroatoms. The molecule has 0 fully saturated rings. The molecule has 112 valence electrons. The van der Waals surface area contributed by atoms with E-state index in [1.807, 2.05) is 39.0 Å². The van der Waals surface area contributed by atoms with Crippen molar-refractivity contribution in [2.45, 2.75) is 26.8 Å². The molecule has 1 unspecified atom stereocenters. The third kappa shape index (κ3) is 3.39. The van der Waals surface area contributed by atoms with Crippen LogP contribution in [0.25, 0.3) is 0 Å². The summed E-state index contributed by atoms with van der Waals surface area (Å²) in [6.07, 6.45) is 0. The van der Waals surface area contributed by atoms with Gasteiger partial charge in [0.05, 0.1) is 6.04 Å². The minimum absolute atomic E-state index is 0.156. The third-order valence-electron chi connectivity index (χ3n) is 3.54. The Bertz CT molecular complexity index is 612. The fraction of sp³-hybridized carbons (Fsp3) is 0.294. The van der Waals surface area contributed by atoms with Crippen molar-refractivity contribution in [3.05, 3.63) is 68.4 Å². The highest BCUT2D eigenvalue weighted by atomic mass is 35.5. The largest absolute Gasteiger partial charge is 0.306 e. The second-order valence-corrected chi connectivity index (χ2v) is 5.89. The molecule has 0 radical (unpaired) electrons. The van der Waals surface area contributed by atoms with Crippen molar-refractivity contribution in [2.75, 3.05) is 6.54 Å². The first-order valence-electron chi connectivity index (χ1n) is 6.89. The summed E-state index contributed by atoms with van der Waals surface area (Å²) < 4.78 is 13.5. The number of halogens is 3. The summed E-state index contributed by atoms with van der Waals surface area (Å²) in [6, 6.07) is 8.38. The molecule has 0 bridgehead atoms. The van der Waals surface area contributed by atoms with Crippen LogP contribution < -0.4 is 5.32 Å². The Balaban J connectivity index is 2.65. The van der Waals surface area contributed by atoms with E-state index in [0.717, 1.165) is 28.8 Å². The number of nitrogens with one attached hydrogen (secondary N) is 1. The van der Waals surface area contributed by atoms with E-state index in [4.69, 9.17) is 23.2 Å². The van der Waals surface area contributed by atoms with Crippen LogP contribution in [0.2, 0.25) is 10.0 Å². The first-order valence-corrected chi connectivity index (χ1v) is 7.65. The normalized spacial score (nSPS) is 12.5. The number of benzene rings is 2. The minimum atomic E-state index is -0.228. The van der Waals surface area contributed by atoms with E-state index in [-0.39, 0.29) is 11.9 Å². The first-order chi connectivity index (χ1) is 9.95. The zero-order chi connectivity index (χ0) is 15.6. The highest BCUT2D eigenvalue weighted by molar-refractivity contribution is 6.36. The lowest BCUT2D eigenvalue weighted by Gasteiger charge is -2.25. The van der Waals surface area contributed by atoms with Crippen LogP contribution in [0.15, 0.2) is 30.3 Å². The summed E-state index contributed by atoms with van der Waals surface area (Å²) in [5.74, 6) is -0.228. The maximum absolute atomic E-state index is 13.5.